The zero-order valence-corrected chi connectivity index (χ0v) is 20.0. The summed E-state index contributed by atoms with van der Waals surface area (Å²) in [5, 5.41) is 2.18. The Morgan fingerprint density at radius 2 is 1.81 bits per heavy atom. The number of fused-ring (bicyclic) bond motifs is 3. The van der Waals surface area contributed by atoms with E-state index in [9.17, 15) is 9.59 Å². The van der Waals surface area contributed by atoms with Gasteiger partial charge in [-0.3, -0.25) is 9.59 Å². The highest BCUT2D eigenvalue weighted by Gasteiger charge is 2.23. The molecule has 0 atom stereocenters. The highest BCUT2D eigenvalue weighted by molar-refractivity contribution is 7.99. The fourth-order valence-corrected chi connectivity index (χ4v) is 6.27. The van der Waals surface area contributed by atoms with Crippen LogP contribution in [0.2, 0.25) is 10.0 Å². The minimum Gasteiger partial charge on any atom is -0.293 e. The number of halogens is 2. The number of nitrogens with zero attached hydrogens (tertiary/aromatic N) is 3. The number of carbonyl (C=O) groups excluding carboxylic acids is 1. The highest BCUT2D eigenvalue weighted by atomic mass is 35.5. The van der Waals surface area contributed by atoms with Gasteiger partial charge in [0, 0.05) is 21.7 Å². The number of aryl methyl sites for hydroxylation is 2. The molecule has 1 aliphatic carbocycles. The first kappa shape index (κ1) is 21.6. The second-order valence-corrected chi connectivity index (χ2v) is 10.4. The Hall–Kier alpha value is -2.19. The number of hydrogen-bond donors (Lipinski definition) is 0. The van der Waals surface area contributed by atoms with Crippen molar-refractivity contribution in [3.63, 3.8) is 0 Å². The van der Waals surface area contributed by atoms with E-state index >= 15 is 0 Å². The second kappa shape index (κ2) is 8.98. The number of carbonyl (C=O) groups is 1. The van der Waals surface area contributed by atoms with E-state index in [1.54, 1.807) is 47.7 Å². The maximum Gasteiger partial charge on any atom is 0.269 e. The van der Waals surface area contributed by atoms with Crippen LogP contribution in [0.3, 0.4) is 0 Å². The summed E-state index contributed by atoms with van der Waals surface area (Å²) in [5.74, 6) is 0.506. The zero-order valence-electron chi connectivity index (χ0n) is 16.8. The Bertz CT molecular complexity index is 1380. The van der Waals surface area contributed by atoms with Crippen LogP contribution in [0.15, 0.2) is 52.5 Å². The SMILES string of the molecule is O=C(CSc1nc2sc3c(c2c(=O)n1-c1ccc(Cl)cn1)CCCC3)c1ccc(Cl)cc1. The third-order valence-electron chi connectivity index (χ3n) is 5.40. The molecule has 9 heteroatoms. The van der Waals surface area contributed by atoms with Gasteiger partial charge in [-0.1, -0.05) is 35.0 Å². The van der Waals surface area contributed by atoms with Crippen LogP contribution in [0, 0.1) is 0 Å². The molecule has 1 aliphatic rings. The van der Waals surface area contributed by atoms with Crippen LogP contribution in [-0.2, 0) is 12.8 Å². The van der Waals surface area contributed by atoms with Crippen molar-refractivity contribution in [3.8, 4) is 5.82 Å². The lowest BCUT2D eigenvalue weighted by Crippen LogP contribution is -2.23. The van der Waals surface area contributed by atoms with Crippen molar-refractivity contribution in [1.82, 2.24) is 14.5 Å². The van der Waals surface area contributed by atoms with Gasteiger partial charge in [-0.15, -0.1) is 11.3 Å². The molecule has 0 fully saturated rings. The molecule has 0 N–H and O–H groups in total. The number of thioether (sulfide) groups is 1. The van der Waals surface area contributed by atoms with Gasteiger partial charge in [-0.25, -0.2) is 14.5 Å². The van der Waals surface area contributed by atoms with E-state index in [0.29, 0.717) is 32.0 Å². The van der Waals surface area contributed by atoms with Gasteiger partial charge >= 0.3 is 0 Å². The quantitative estimate of drug-likeness (QED) is 0.190. The van der Waals surface area contributed by atoms with Crippen molar-refractivity contribution in [2.75, 3.05) is 5.75 Å². The van der Waals surface area contributed by atoms with Crippen molar-refractivity contribution in [2.45, 2.75) is 30.8 Å². The Morgan fingerprint density at radius 1 is 1.06 bits per heavy atom. The van der Waals surface area contributed by atoms with Crippen LogP contribution >= 0.6 is 46.3 Å². The van der Waals surface area contributed by atoms with E-state index in [2.05, 4.69) is 4.98 Å². The molecule has 32 heavy (non-hydrogen) atoms. The molecule has 0 bridgehead atoms. The summed E-state index contributed by atoms with van der Waals surface area (Å²) in [5.41, 5.74) is 1.53. The monoisotopic (exact) mass is 501 g/mol. The first-order valence-corrected chi connectivity index (χ1v) is 12.7. The number of thiophene rings is 1. The second-order valence-electron chi connectivity index (χ2n) is 7.48. The molecular weight excluding hydrogens is 485 g/mol. The van der Waals surface area contributed by atoms with Crippen LogP contribution in [0.1, 0.15) is 33.6 Å². The molecule has 5 nitrogen and oxygen atoms in total. The largest absolute Gasteiger partial charge is 0.293 e. The number of aromatic nitrogens is 3. The molecule has 0 spiro atoms. The maximum absolute atomic E-state index is 13.7. The average molecular weight is 502 g/mol. The molecule has 1 aromatic carbocycles. The van der Waals surface area contributed by atoms with Crippen molar-refractivity contribution >= 4 is 62.3 Å². The fraction of sp³-hybridized carbons (Fsp3) is 0.217. The van der Waals surface area contributed by atoms with E-state index in [1.165, 1.54) is 27.4 Å². The summed E-state index contributed by atoms with van der Waals surface area (Å²) >= 11 is 14.8. The number of benzene rings is 1. The first-order valence-electron chi connectivity index (χ1n) is 10.1. The van der Waals surface area contributed by atoms with Gasteiger partial charge in [0.2, 0.25) is 0 Å². The normalized spacial score (nSPS) is 13.3. The third-order valence-corrected chi connectivity index (χ3v) is 8.00. The van der Waals surface area contributed by atoms with E-state index in [4.69, 9.17) is 28.2 Å². The van der Waals surface area contributed by atoms with Crippen LogP contribution in [0.5, 0.6) is 0 Å². The van der Waals surface area contributed by atoms with Crippen LogP contribution in [-0.4, -0.2) is 26.1 Å². The van der Waals surface area contributed by atoms with Crippen LogP contribution < -0.4 is 5.56 Å². The predicted molar refractivity (Wildman–Crippen MR) is 131 cm³/mol. The van der Waals surface area contributed by atoms with Crippen molar-refractivity contribution < 1.29 is 4.79 Å². The summed E-state index contributed by atoms with van der Waals surface area (Å²) in [6.45, 7) is 0. The van der Waals surface area contributed by atoms with E-state index in [0.717, 1.165) is 36.1 Å². The molecule has 0 saturated carbocycles. The van der Waals surface area contributed by atoms with E-state index < -0.39 is 0 Å². The summed E-state index contributed by atoms with van der Waals surface area (Å²) in [6.07, 6.45) is 5.58. The van der Waals surface area contributed by atoms with Crippen molar-refractivity contribution in [1.29, 1.82) is 0 Å². The first-order chi connectivity index (χ1) is 15.5. The summed E-state index contributed by atoms with van der Waals surface area (Å²) in [4.78, 5) is 37.5. The molecule has 4 aromatic rings. The topological polar surface area (TPSA) is 64.8 Å². The molecule has 0 amide bonds. The molecule has 0 unspecified atom stereocenters. The zero-order chi connectivity index (χ0) is 22.2. The molecule has 3 heterocycles. The average Bonchev–Trinajstić information content (AvgIpc) is 3.17. The number of hydrogen-bond acceptors (Lipinski definition) is 6. The standard InChI is InChI=1S/C23H17Cl2N3O2S2/c24-14-7-5-13(6-8-14)17(29)12-31-23-27-21-20(16-3-1-2-4-18(16)32-21)22(30)28(23)19-10-9-15(25)11-26-19/h5-11H,1-4,12H2. The highest BCUT2D eigenvalue weighted by Crippen LogP contribution is 2.35. The lowest BCUT2D eigenvalue weighted by Gasteiger charge is -2.13. The fourth-order valence-electron chi connectivity index (χ4n) is 3.83. The van der Waals surface area contributed by atoms with Gasteiger partial charge in [0.05, 0.1) is 16.2 Å². The maximum atomic E-state index is 13.7. The molecule has 162 valence electrons. The molecule has 0 aliphatic heterocycles. The molecular formula is C23H17Cl2N3O2S2. The summed E-state index contributed by atoms with van der Waals surface area (Å²) in [7, 11) is 0. The van der Waals surface area contributed by atoms with Crippen molar-refractivity contribution in [3.05, 3.63) is 79.0 Å². The number of Topliss-reactive ketones (excluding diaryl/α,β-unsaturated/α-hetero) is 1. The summed E-state index contributed by atoms with van der Waals surface area (Å²) < 4.78 is 1.50. The van der Waals surface area contributed by atoms with Gasteiger partial charge in [0.15, 0.2) is 10.9 Å². The number of pyridine rings is 1. The molecule has 5 rings (SSSR count). The van der Waals surface area contributed by atoms with E-state index in [1.807, 2.05) is 0 Å². The molecule has 3 aromatic heterocycles. The van der Waals surface area contributed by atoms with Crippen molar-refractivity contribution in [2.24, 2.45) is 0 Å². The Kier molecular flexibility index (Phi) is 6.07. The number of rotatable bonds is 5. The van der Waals surface area contributed by atoms with Gasteiger partial charge in [-0.05, 0) is 67.6 Å². The van der Waals surface area contributed by atoms with Gasteiger partial charge < -0.3 is 0 Å². The third kappa shape index (κ3) is 4.10. The van der Waals surface area contributed by atoms with Gasteiger partial charge in [0.25, 0.3) is 5.56 Å². The number of ketones is 1. The lowest BCUT2D eigenvalue weighted by atomic mass is 9.97. The minimum atomic E-state index is -0.148. The predicted octanol–water partition coefficient (Wildman–Crippen LogP) is 6.00. The lowest BCUT2D eigenvalue weighted by molar-refractivity contribution is 0.102. The Morgan fingerprint density at radius 3 is 2.56 bits per heavy atom. The van der Waals surface area contributed by atoms with Gasteiger partial charge in [0.1, 0.15) is 10.6 Å². The van der Waals surface area contributed by atoms with E-state index in [-0.39, 0.29) is 17.1 Å². The van der Waals surface area contributed by atoms with Crippen LogP contribution in [0.4, 0.5) is 0 Å². The minimum absolute atomic E-state index is 0.0675. The Labute approximate surface area is 202 Å². The Balaban J connectivity index is 1.59. The molecule has 0 saturated heterocycles. The summed E-state index contributed by atoms with van der Waals surface area (Å²) in [6, 6.07) is 10.2. The molecule has 0 radical (unpaired) electrons. The smallest absolute Gasteiger partial charge is 0.269 e. The van der Waals surface area contributed by atoms with Gasteiger partial charge in [-0.2, -0.15) is 0 Å². The van der Waals surface area contributed by atoms with Crippen LogP contribution in [0.25, 0.3) is 16.0 Å².